The fourth-order valence-corrected chi connectivity index (χ4v) is 1.89. The summed E-state index contributed by atoms with van der Waals surface area (Å²) in [5.74, 6) is -0.806. The van der Waals surface area contributed by atoms with Gasteiger partial charge in [-0.1, -0.05) is 18.2 Å². The first-order valence-corrected chi connectivity index (χ1v) is 6.90. The normalized spacial score (nSPS) is 12.2. The Labute approximate surface area is 133 Å². The van der Waals surface area contributed by atoms with Crippen molar-refractivity contribution in [3.63, 3.8) is 0 Å². The van der Waals surface area contributed by atoms with Gasteiger partial charge in [-0.15, -0.1) is 0 Å². The van der Waals surface area contributed by atoms with Crippen LogP contribution in [-0.2, 0) is 4.79 Å². The second-order valence-electron chi connectivity index (χ2n) is 4.93. The van der Waals surface area contributed by atoms with Crippen LogP contribution in [0.2, 0.25) is 0 Å². The quantitative estimate of drug-likeness (QED) is 0.426. The maximum Gasteiger partial charge on any atom is 0.244 e. The molecule has 120 valence electrons. The molecule has 0 bridgehead atoms. The third-order valence-electron chi connectivity index (χ3n) is 3.17. The first kappa shape index (κ1) is 16.4. The number of carbonyl (C=O) groups is 1. The summed E-state index contributed by atoms with van der Waals surface area (Å²) < 4.78 is 0. The van der Waals surface area contributed by atoms with E-state index in [1.54, 1.807) is 18.2 Å². The van der Waals surface area contributed by atoms with E-state index in [1.165, 1.54) is 36.4 Å². The van der Waals surface area contributed by atoms with Gasteiger partial charge in [-0.25, -0.2) is 0 Å². The summed E-state index contributed by atoms with van der Waals surface area (Å²) in [6.45, 7) is 0.0226. The summed E-state index contributed by atoms with van der Waals surface area (Å²) in [5, 5.41) is 40.2. The van der Waals surface area contributed by atoms with E-state index in [2.05, 4.69) is 5.32 Å². The predicted molar refractivity (Wildman–Crippen MR) is 84.9 cm³/mol. The molecule has 0 aromatic heterocycles. The molecule has 23 heavy (non-hydrogen) atoms. The lowest BCUT2D eigenvalue weighted by molar-refractivity contribution is -0.116. The molecular formula is C17H17NO5. The molecule has 1 unspecified atom stereocenters. The summed E-state index contributed by atoms with van der Waals surface area (Å²) in [6.07, 6.45) is 1.85. The number of aliphatic hydroxyl groups is 1. The number of amides is 1. The average Bonchev–Trinajstić information content (AvgIpc) is 2.54. The van der Waals surface area contributed by atoms with Gasteiger partial charge in [0.05, 0.1) is 6.10 Å². The van der Waals surface area contributed by atoms with E-state index in [0.29, 0.717) is 11.1 Å². The molecule has 0 fully saturated rings. The Hall–Kier alpha value is -2.99. The molecule has 2 aromatic carbocycles. The van der Waals surface area contributed by atoms with Gasteiger partial charge in [-0.05, 0) is 41.5 Å². The number of aliphatic hydroxyl groups excluding tert-OH is 1. The molecule has 1 amide bonds. The molecule has 0 heterocycles. The Bertz CT molecular complexity index is 709. The molecule has 0 radical (unpaired) electrons. The van der Waals surface area contributed by atoms with Crippen LogP contribution in [0, 0.1) is 0 Å². The van der Waals surface area contributed by atoms with Crippen LogP contribution >= 0.6 is 0 Å². The van der Waals surface area contributed by atoms with E-state index in [-0.39, 0.29) is 23.8 Å². The number of benzene rings is 2. The SMILES string of the molecule is O=C(/C=C/c1ccc(O)c(O)c1)NCC(O)c1ccc(O)cc1. The first-order chi connectivity index (χ1) is 11.0. The van der Waals surface area contributed by atoms with E-state index in [0.717, 1.165) is 0 Å². The van der Waals surface area contributed by atoms with E-state index in [4.69, 9.17) is 0 Å². The summed E-state index contributed by atoms with van der Waals surface area (Å²) >= 11 is 0. The fraction of sp³-hybridized carbons (Fsp3) is 0.118. The van der Waals surface area contributed by atoms with Crippen LogP contribution in [0.3, 0.4) is 0 Å². The van der Waals surface area contributed by atoms with Crippen LogP contribution in [-0.4, -0.2) is 32.9 Å². The first-order valence-electron chi connectivity index (χ1n) is 6.90. The number of phenolic OH excluding ortho intramolecular Hbond substituents is 3. The van der Waals surface area contributed by atoms with E-state index >= 15 is 0 Å². The molecule has 2 aromatic rings. The topological polar surface area (TPSA) is 110 Å². The molecule has 0 aliphatic rings. The van der Waals surface area contributed by atoms with Crippen LogP contribution in [0.5, 0.6) is 17.2 Å². The molecule has 0 saturated carbocycles. The maximum absolute atomic E-state index is 11.7. The number of carbonyl (C=O) groups excluding carboxylic acids is 1. The van der Waals surface area contributed by atoms with E-state index in [9.17, 15) is 25.2 Å². The van der Waals surface area contributed by atoms with Gasteiger partial charge in [-0.3, -0.25) is 4.79 Å². The van der Waals surface area contributed by atoms with Gasteiger partial charge < -0.3 is 25.7 Å². The minimum Gasteiger partial charge on any atom is -0.508 e. The molecule has 1 atom stereocenters. The third kappa shape index (κ3) is 4.76. The fourth-order valence-electron chi connectivity index (χ4n) is 1.89. The maximum atomic E-state index is 11.7. The molecule has 6 heteroatoms. The monoisotopic (exact) mass is 315 g/mol. The number of nitrogens with one attached hydrogen (secondary N) is 1. The molecule has 0 saturated heterocycles. The van der Waals surface area contributed by atoms with E-state index < -0.39 is 12.0 Å². The van der Waals surface area contributed by atoms with Gasteiger partial charge in [0, 0.05) is 12.6 Å². The lowest BCUT2D eigenvalue weighted by Gasteiger charge is -2.11. The molecule has 0 spiro atoms. The molecule has 6 nitrogen and oxygen atoms in total. The summed E-state index contributed by atoms with van der Waals surface area (Å²) in [6, 6.07) is 10.2. The van der Waals surface area contributed by atoms with Crippen LogP contribution in [0.1, 0.15) is 17.2 Å². The smallest absolute Gasteiger partial charge is 0.244 e. The molecule has 5 N–H and O–H groups in total. The van der Waals surface area contributed by atoms with Crippen molar-refractivity contribution >= 4 is 12.0 Å². The summed E-state index contributed by atoms with van der Waals surface area (Å²) in [7, 11) is 0. The van der Waals surface area contributed by atoms with E-state index in [1.807, 2.05) is 0 Å². The van der Waals surface area contributed by atoms with Crippen LogP contribution < -0.4 is 5.32 Å². The van der Waals surface area contributed by atoms with Crippen molar-refractivity contribution in [1.82, 2.24) is 5.32 Å². The second kappa shape index (κ2) is 7.33. The Morgan fingerprint density at radius 1 is 1.04 bits per heavy atom. The molecule has 0 aliphatic carbocycles. The van der Waals surface area contributed by atoms with Crippen molar-refractivity contribution in [3.8, 4) is 17.2 Å². The van der Waals surface area contributed by atoms with Gasteiger partial charge >= 0.3 is 0 Å². The van der Waals surface area contributed by atoms with Crippen LogP contribution in [0.15, 0.2) is 48.5 Å². The van der Waals surface area contributed by atoms with Crippen LogP contribution in [0.25, 0.3) is 6.08 Å². The average molecular weight is 315 g/mol. The van der Waals surface area contributed by atoms with Gasteiger partial charge in [0.2, 0.25) is 5.91 Å². The van der Waals surface area contributed by atoms with Gasteiger partial charge in [0.1, 0.15) is 5.75 Å². The summed E-state index contributed by atoms with van der Waals surface area (Å²) in [4.78, 5) is 11.7. The largest absolute Gasteiger partial charge is 0.508 e. The minimum atomic E-state index is -0.884. The Morgan fingerprint density at radius 3 is 2.39 bits per heavy atom. The molecular weight excluding hydrogens is 298 g/mol. The minimum absolute atomic E-state index is 0.0226. The number of aromatic hydroxyl groups is 3. The highest BCUT2D eigenvalue weighted by atomic mass is 16.3. The zero-order chi connectivity index (χ0) is 16.8. The zero-order valence-electron chi connectivity index (χ0n) is 12.2. The molecule has 2 rings (SSSR count). The van der Waals surface area contributed by atoms with Crippen molar-refractivity contribution in [1.29, 1.82) is 0 Å². The van der Waals surface area contributed by atoms with Crippen molar-refractivity contribution in [2.75, 3.05) is 6.54 Å². The number of hydrogen-bond donors (Lipinski definition) is 5. The standard InChI is InChI=1S/C17H17NO5/c19-13-5-3-12(4-6-13)16(22)10-18-17(23)8-2-11-1-7-14(20)15(21)9-11/h1-9,16,19-22H,10H2,(H,18,23)/b8-2+. The lowest BCUT2D eigenvalue weighted by atomic mass is 10.1. The van der Waals surface area contributed by atoms with Crippen molar-refractivity contribution < 1.29 is 25.2 Å². The Morgan fingerprint density at radius 2 is 1.74 bits per heavy atom. The van der Waals surface area contributed by atoms with Crippen molar-refractivity contribution in [2.24, 2.45) is 0 Å². The highest BCUT2D eigenvalue weighted by Crippen LogP contribution is 2.25. The number of phenols is 3. The lowest BCUT2D eigenvalue weighted by Crippen LogP contribution is -2.26. The van der Waals surface area contributed by atoms with Crippen molar-refractivity contribution in [2.45, 2.75) is 6.10 Å². The van der Waals surface area contributed by atoms with Gasteiger partial charge in [0.25, 0.3) is 0 Å². The second-order valence-corrected chi connectivity index (χ2v) is 4.93. The highest BCUT2D eigenvalue weighted by Gasteiger charge is 2.08. The molecule has 0 aliphatic heterocycles. The van der Waals surface area contributed by atoms with Gasteiger partial charge in [0.15, 0.2) is 11.5 Å². The zero-order valence-corrected chi connectivity index (χ0v) is 12.2. The third-order valence-corrected chi connectivity index (χ3v) is 3.17. The Balaban J connectivity index is 1.88. The van der Waals surface area contributed by atoms with Gasteiger partial charge in [-0.2, -0.15) is 0 Å². The Kier molecular flexibility index (Phi) is 5.22. The highest BCUT2D eigenvalue weighted by molar-refractivity contribution is 5.91. The summed E-state index contributed by atoms with van der Waals surface area (Å²) in [5.41, 5.74) is 1.13. The number of rotatable bonds is 5. The predicted octanol–water partition coefficient (Wildman–Crippen LogP) is 1.67. The van der Waals surface area contributed by atoms with Crippen LogP contribution in [0.4, 0.5) is 0 Å². The van der Waals surface area contributed by atoms with Crippen molar-refractivity contribution in [3.05, 3.63) is 59.7 Å². The number of hydrogen-bond acceptors (Lipinski definition) is 5.